The lowest BCUT2D eigenvalue weighted by molar-refractivity contribution is -0.130. The summed E-state index contributed by atoms with van der Waals surface area (Å²) in [4.78, 5) is 25.3. The van der Waals surface area contributed by atoms with Gasteiger partial charge in [-0.05, 0) is 47.9 Å². The molecule has 150 valence electrons. The van der Waals surface area contributed by atoms with E-state index in [-0.39, 0.29) is 36.2 Å². The normalized spacial score (nSPS) is 20.7. The maximum absolute atomic E-state index is 12.7. The van der Waals surface area contributed by atoms with E-state index in [2.05, 4.69) is 16.7 Å². The molecule has 4 N–H and O–H groups in total. The molecule has 0 heterocycles. The third-order valence-electron chi connectivity index (χ3n) is 5.56. The van der Waals surface area contributed by atoms with Crippen LogP contribution in [0, 0.1) is 5.92 Å². The Bertz CT molecular complexity index is 825. The van der Waals surface area contributed by atoms with Crippen molar-refractivity contribution < 1.29 is 9.59 Å². The molecule has 0 spiro atoms. The fourth-order valence-corrected chi connectivity index (χ4v) is 3.85. The van der Waals surface area contributed by atoms with E-state index >= 15 is 0 Å². The molecule has 0 aromatic heterocycles. The number of rotatable bonds is 6. The number of benzene rings is 2. The number of nitrogens with two attached hydrogens (primary N) is 1. The molecule has 1 saturated carbocycles. The molecule has 0 saturated heterocycles. The summed E-state index contributed by atoms with van der Waals surface area (Å²) in [5.74, 6) is -0.205. The highest BCUT2D eigenvalue weighted by Gasteiger charge is 2.27. The molecule has 1 aliphatic rings. The fraction of sp³-hybridized carbons (Fsp3) is 0.478. The standard InChI is InChI=1S/C23H31N3O2/c1-15(2)22(23(28)25-20-11-9-19(24)10-12-20)26-21(27)14-16-7-8-17-5-3-4-6-18(17)13-16/h3-8,13,15,19-20,22H,9-12,14,24H2,1-2H3,(H,25,28)(H,26,27). The molecule has 2 aromatic carbocycles. The van der Waals surface area contributed by atoms with Crippen LogP contribution in [0.1, 0.15) is 45.1 Å². The molecule has 3 rings (SSSR count). The zero-order chi connectivity index (χ0) is 20.1. The Kier molecular flexibility index (Phi) is 6.68. The maximum atomic E-state index is 12.7. The average Bonchev–Trinajstić information content (AvgIpc) is 2.67. The topological polar surface area (TPSA) is 84.2 Å². The van der Waals surface area contributed by atoms with Crippen molar-refractivity contribution in [2.24, 2.45) is 11.7 Å². The number of hydrogen-bond donors (Lipinski definition) is 3. The van der Waals surface area contributed by atoms with E-state index in [1.807, 2.05) is 50.2 Å². The van der Waals surface area contributed by atoms with Crippen LogP contribution in [0.15, 0.2) is 42.5 Å². The molecule has 0 radical (unpaired) electrons. The average molecular weight is 382 g/mol. The van der Waals surface area contributed by atoms with Crippen LogP contribution < -0.4 is 16.4 Å². The Hall–Kier alpha value is -2.40. The minimum atomic E-state index is -0.524. The van der Waals surface area contributed by atoms with Gasteiger partial charge >= 0.3 is 0 Å². The molecule has 0 bridgehead atoms. The Balaban J connectivity index is 1.59. The Morgan fingerprint density at radius 3 is 2.39 bits per heavy atom. The number of amides is 2. The van der Waals surface area contributed by atoms with Gasteiger partial charge in [-0.3, -0.25) is 9.59 Å². The third-order valence-corrected chi connectivity index (χ3v) is 5.56. The van der Waals surface area contributed by atoms with Gasteiger partial charge in [0, 0.05) is 12.1 Å². The third kappa shape index (κ3) is 5.32. The smallest absolute Gasteiger partial charge is 0.243 e. The number of carbonyl (C=O) groups is 2. The van der Waals surface area contributed by atoms with Crippen LogP contribution >= 0.6 is 0 Å². The molecule has 28 heavy (non-hydrogen) atoms. The molecule has 1 unspecified atom stereocenters. The van der Waals surface area contributed by atoms with Crippen molar-refractivity contribution in [3.63, 3.8) is 0 Å². The molecular weight excluding hydrogens is 350 g/mol. The first kappa shape index (κ1) is 20.3. The van der Waals surface area contributed by atoms with Crippen LogP contribution in [0.2, 0.25) is 0 Å². The molecule has 1 atom stereocenters. The fourth-order valence-electron chi connectivity index (χ4n) is 3.85. The highest BCUT2D eigenvalue weighted by atomic mass is 16.2. The molecular formula is C23H31N3O2. The zero-order valence-corrected chi connectivity index (χ0v) is 16.8. The minimum absolute atomic E-state index is 0.0198. The second kappa shape index (κ2) is 9.20. The first-order valence-corrected chi connectivity index (χ1v) is 10.3. The van der Waals surface area contributed by atoms with Crippen LogP contribution in [-0.4, -0.2) is 29.9 Å². The van der Waals surface area contributed by atoms with E-state index in [1.54, 1.807) is 0 Å². The van der Waals surface area contributed by atoms with Crippen LogP contribution in [0.4, 0.5) is 0 Å². The van der Waals surface area contributed by atoms with E-state index in [0.29, 0.717) is 0 Å². The monoisotopic (exact) mass is 381 g/mol. The van der Waals surface area contributed by atoms with Crippen LogP contribution in [0.25, 0.3) is 10.8 Å². The van der Waals surface area contributed by atoms with Gasteiger partial charge in [-0.15, -0.1) is 0 Å². The zero-order valence-electron chi connectivity index (χ0n) is 16.8. The van der Waals surface area contributed by atoms with Gasteiger partial charge < -0.3 is 16.4 Å². The number of nitrogens with one attached hydrogen (secondary N) is 2. The van der Waals surface area contributed by atoms with Gasteiger partial charge in [0.25, 0.3) is 0 Å². The Labute approximate surface area is 167 Å². The largest absolute Gasteiger partial charge is 0.352 e. The molecule has 1 fully saturated rings. The number of carbonyl (C=O) groups excluding carboxylic acids is 2. The molecule has 2 amide bonds. The maximum Gasteiger partial charge on any atom is 0.243 e. The lowest BCUT2D eigenvalue weighted by Crippen LogP contribution is -2.53. The SMILES string of the molecule is CC(C)C(NC(=O)Cc1ccc2ccccc2c1)C(=O)NC1CCC(N)CC1. The van der Waals surface area contributed by atoms with Crippen molar-refractivity contribution in [1.82, 2.24) is 10.6 Å². The number of hydrogen-bond acceptors (Lipinski definition) is 3. The van der Waals surface area contributed by atoms with Crippen molar-refractivity contribution in [3.05, 3.63) is 48.0 Å². The first-order chi connectivity index (χ1) is 13.4. The summed E-state index contributed by atoms with van der Waals surface area (Å²) < 4.78 is 0. The lowest BCUT2D eigenvalue weighted by atomic mass is 9.91. The van der Waals surface area contributed by atoms with E-state index < -0.39 is 6.04 Å². The predicted octanol–water partition coefficient (Wildman–Crippen LogP) is 2.91. The lowest BCUT2D eigenvalue weighted by Gasteiger charge is -2.29. The summed E-state index contributed by atoms with van der Waals surface area (Å²) in [5, 5.41) is 8.30. The highest BCUT2D eigenvalue weighted by molar-refractivity contribution is 5.89. The Morgan fingerprint density at radius 1 is 1.04 bits per heavy atom. The summed E-state index contributed by atoms with van der Waals surface area (Å²) >= 11 is 0. The predicted molar refractivity (Wildman–Crippen MR) is 113 cm³/mol. The highest BCUT2D eigenvalue weighted by Crippen LogP contribution is 2.18. The molecule has 0 aliphatic heterocycles. The first-order valence-electron chi connectivity index (χ1n) is 10.3. The van der Waals surface area contributed by atoms with Crippen LogP contribution in [0.5, 0.6) is 0 Å². The second-order valence-electron chi connectivity index (χ2n) is 8.27. The van der Waals surface area contributed by atoms with Gasteiger partial charge in [-0.25, -0.2) is 0 Å². The van der Waals surface area contributed by atoms with Gasteiger partial charge in [-0.1, -0.05) is 56.3 Å². The van der Waals surface area contributed by atoms with Gasteiger partial charge in [0.2, 0.25) is 11.8 Å². The van der Waals surface area contributed by atoms with Crippen LogP contribution in [-0.2, 0) is 16.0 Å². The Morgan fingerprint density at radius 2 is 1.71 bits per heavy atom. The van der Waals surface area contributed by atoms with Gasteiger partial charge in [-0.2, -0.15) is 0 Å². The summed E-state index contributed by atoms with van der Waals surface area (Å²) in [6.07, 6.45) is 3.95. The van der Waals surface area contributed by atoms with Crippen LogP contribution in [0.3, 0.4) is 0 Å². The van der Waals surface area contributed by atoms with E-state index in [0.717, 1.165) is 42.0 Å². The molecule has 1 aliphatic carbocycles. The van der Waals surface area contributed by atoms with Gasteiger partial charge in [0.1, 0.15) is 6.04 Å². The van der Waals surface area contributed by atoms with E-state index in [1.165, 1.54) is 0 Å². The number of fused-ring (bicyclic) bond motifs is 1. The van der Waals surface area contributed by atoms with Crippen molar-refractivity contribution >= 4 is 22.6 Å². The quantitative estimate of drug-likeness (QED) is 0.719. The van der Waals surface area contributed by atoms with E-state index in [9.17, 15) is 9.59 Å². The molecule has 5 heteroatoms. The molecule has 5 nitrogen and oxygen atoms in total. The summed E-state index contributed by atoms with van der Waals surface area (Å²) in [7, 11) is 0. The summed E-state index contributed by atoms with van der Waals surface area (Å²) in [6, 6.07) is 14.0. The van der Waals surface area contributed by atoms with Crippen molar-refractivity contribution in [2.75, 3.05) is 0 Å². The second-order valence-corrected chi connectivity index (χ2v) is 8.27. The van der Waals surface area contributed by atoms with Crippen molar-refractivity contribution in [1.29, 1.82) is 0 Å². The summed E-state index contributed by atoms with van der Waals surface area (Å²) in [5.41, 5.74) is 6.88. The van der Waals surface area contributed by atoms with Crippen molar-refractivity contribution in [3.8, 4) is 0 Å². The molecule has 2 aromatic rings. The van der Waals surface area contributed by atoms with Gasteiger partial charge in [0.05, 0.1) is 6.42 Å². The van der Waals surface area contributed by atoms with E-state index in [4.69, 9.17) is 5.73 Å². The minimum Gasteiger partial charge on any atom is -0.352 e. The summed E-state index contributed by atoms with van der Waals surface area (Å²) in [6.45, 7) is 3.91. The van der Waals surface area contributed by atoms with Gasteiger partial charge in [0.15, 0.2) is 0 Å². The van der Waals surface area contributed by atoms with Crippen molar-refractivity contribution in [2.45, 2.75) is 64.1 Å².